The third kappa shape index (κ3) is 4.00. The summed E-state index contributed by atoms with van der Waals surface area (Å²) in [4.78, 5) is 16.5. The first-order valence-corrected chi connectivity index (χ1v) is 6.66. The Morgan fingerprint density at radius 2 is 2.14 bits per heavy atom. The molecule has 0 bridgehead atoms. The van der Waals surface area contributed by atoms with Crippen molar-refractivity contribution in [2.75, 3.05) is 0 Å². The second-order valence-electron chi connectivity index (χ2n) is 4.19. The zero-order valence-corrected chi connectivity index (χ0v) is 12.5. The van der Waals surface area contributed by atoms with Crippen molar-refractivity contribution in [2.45, 2.75) is 13.5 Å². The van der Waals surface area contributed by atoms with E-state index in [2.05, 4.69) is 5.16 Å². The maximum atomic E-state index is 11.5. The van der Waals surface area contributed by atoms with Crippen molar-refractivity contribution >= 4 is 29.4 Å². The van der Waals surface area contributed by atoms with Gasteiger partial charge in [-0.1, -0.05) is 34.4 Å². The Hall–Kier alpha value is -1.98. The molecule has 7 heteroatoms. The lowest BCUT2D eigenvalue weighted by Crippen LogP contribution is -2.07. The lowest BCUT2D eigenvalue weighted by molar-refractivity contribution is 0.132. The van der Waals surface area contributed by atoms with Crippen LogP contribution in [-0.2, 0) is 11.4 Å². The van der Waals surface area contributed by atoms with Gasteiger partial charge in [0, 0.05) is 21.7 Å². The number of benzene rings is 1. The predicted molar refractivity (Wildman–Crippen MR) is 80.2 cm³/mol. The quantitative estimate of drug-likeness (QED) is 0.689. The molecule has 0 saturated carbocycles. The van der Waals surface area contributed by atoms with Gasteiger partial charge in [0.25, 0.3) is 0 Å². The molecule has 2 rings (SSSR count). The van der Waals surface area contributed by atoms with Crippen LogP contribution in [0.2, 0.25) is 10.0 Å². The molecule has 1 aromatic heterocycles. The molecule has 0 aliphatic heterocycles. The van der Waals surface area contributed by atoms with E-state index in [0.717, 1.165) is 6.21 Å². The van der Waals surface area contributed by atoms with E-state index in [9.17, 15) is 9.90 Å². The summed E-state index contributed by atoms with van der Waals surface area (Å²) in [5.74, 6) is 0.0872. The van der Waals surface area contributed by atoms with E-state index in [-0.39, 0.29) is 17.9 Å². The van der Waals surface area contributed by atoms with Crippen molar-refractivity contribution in [3.05, 3.63) is 61.6 Å². The summed E-state index contributed by atoms with van der Waals surface area (Å²) in [6, 6.07) is 6.29. The van der Waals surface area contributed by atoms with Gasteiger partial charge in [-0.25, -0.2) is 4.79 Å². The molecule has 0 amide bonds. The van der Waals surface area contributed by atoms with E-state index < -0.39 is 5.63 Å². The summed E-state index contributed by atoms with van der Waals surface area (Å²) >= 11 is 11.8. The fraction of sp³-hybridized carbons (Fsp3) is 0.143. The number of rotatable bonds is 4. The van der Waals surface area contributed by atoms with Crippen LogP contribution in [-0.4, -0.2) is 11.3 Å². The van der Waals surface area contributed by atoms with Crippen LogP contribution in [0.25, 0.3) is 0 Å². The second kappa shape index (κ2) is 6.65. The number of aryl methyl sites for hydroxylation is 1. The number of halogens is 2. The van der Waals surface area contributed by atoms with Gasteiger partial charge in [0.05, 0.1) is 6.21 Å². The smallest absolute Gasteiger partial charge is 0.348 e. The van der Waals surface area contributed by atoms with E-state index in [1.165, 1.54) is 6.07 Å². The molecule has 0 saturated heterocycles. The average molecular weight is 328 g/mol. The number of hydrogen-bond donors (Lipinski definition) is 1. The number of oxime groups is 1. The van der Waals surface area contributed by atoms with Crippen LogP contribution in [0, 0.1) is 6.92 Å². The standard InChI is InChI=1S/C14H11Cl2NO4/c1-8-4-13(18)11(14(19)21-8)6-17-20-7-9-2-3-10(15)5-12(9)16/h2-6,18H,7H2,1H3/b17-6-. The molecule has 0 aliphatic carbocycles. The van der Waals surface area contributed by atoms with Gasteiger partial charge in [0.2, 0.25) is 0 Å². The molecule has 0 spiro atoms. The van der Waals surface area contributed by atoms with Gasteiger partial charge >= 0.3 is 5.63 Å². The highest BCUT2D eigenvalue weighted by Gasteiger charge is 2.07. The van der Waals surface area contributed by atoms with Crippen LogP contribution in [0.5, 0.6) is 5.75 Å². The highest BCUT2D eigenvalue weighted by atomic mass is 35.5. The van der Waals surface area contributed by atoms with Crippen LogP contribution in [0.1, 0.15) is 16.9 Å². The molecule has 0 unspecified atom stereocenters. The van der Waals surface area contributed by atoms with Gasteiger partial charge in [-0.15, -0.1) is 0 Å². The Morgan fingerprint density at radius 1 is 1.38 bits per heavy atom. The van der Waals surface area contributed by atoms with E-state index in [1.54, 1.807) is 25.1 Å². The monoisotopic (exact) mass is 327 g/mol. The van der Waals surface area contributed by atoms with Crippen molar-refractivity contribution in [1.82, 2.24) is 0 Å². The second-order valence-corrected chi connectivity index (χ2v) is 5.03. The third-order valence-corrected chi connectivity index (χ3v) is 3.17. The Morgan fingerprint density at radius 3 is 2.81 bits per heavy atom. The van der Waals surface area contributed by atoms with Gasteiger partial charge < -0.3 is 14.4 Å². The minimum atomic E-state index is -0.690. The van der Waals surface area contributed by atoms with Crippen molar-refractivity contribution < 1.29 is 14.4 Å². The average Bonchev–Trinajstić information content (AvgIpc) is 2.38. The van der Waals surface area contributed by atoms with E-state index in [1.807, 2.05) is 0 Å². The molecule has 0 radical (unpaired) electrons. The molecule has 21 heavy (non-hydrogen) atoms. The lowest BCUT2D eigenvalue weighted by Gasteiger charge is -2.03. The van der Waals surface area contributed by atoms with Crippen molar-refractivity contribution in [3.63, 3.8) is 0 Å². The summed E-state index contributed by atoms with van der Waals surface area (Å²) in [7, 11) is 0. The molecule has 110 valence electrons. The Kier molecular flexibility index (Phi) is 4.88. The molecule has 1 N–H and O–H groups in total. The van der Waals surface area contributed by atoms with Gasteiger partial charge in [0.15, 0.2) is 0 Å². The highest BCUT2D eigenvalue weighted by Crippen LogP contribution is 2.21. The van der Waals surface area contributed by atoms with Crippen LogP contribution < -0.4 is 5.63 Å². The third-order valence-electron chi connectivity index (χ3n) is 2.58. The Bertz CT molecular complexity index is 740. The molecule has 0 aliphatic rings. The topological polar surface area (TPSA) is 72.0 Å². The summed E-state index contributed by atoms with van der Waals surface area (Å²) in [5.41, 5.74) is -0.0782. The molecule has 1 aromatic carbocycles. The predicted octanol–water partition coefficient (Wildman–Crippen LogP) is 3.51. The zero-order chi connectivity index (χ0) is 15.4. The Labute approximate surface area is 130 Å². The van der Waals surface area contributed by atoms with Crippen molar-refractivity contribution in [3.8, 4) is 5.75 Å². The van der Waals surface area contributed by atoms with Gasteiger partial charge in [-0.2, -0.15) is 0 Å². The molecule has 5 nitrogen and oxygen atoms in total. The first-order valence-electron chi connectivity index (χ1n) is 5.90. The number of aromatic hydroxyl groups is 1. The minimum absolute atomic E-state index is 0.0807. The summed E-state index contributed by atoms with van der Waals surface area (Å²) in [6.07, 6.45) is 1.09. The molecule has 1 heterocycles. The summed E-state index contributed by atoms with van der Waals surface area (Å²) in [5, 5.41) is 14.2. The first kappa shape index (κ1) is 15.4. The van der Waals surface area contributed by atoms with Crippen LogP contribution >= 0.6 is 23.2 Å². The fourth-order valence-electron chi connectivity index (χ4n) is 1.56. The maximum absolute atomic E-state index is 11.5. The normalized spacial score (nSPS) is 11.0. The number of hydrogen-bond acceptors (Lipinski definition) is 5. The summed E-state index contributed by atoms with van der Waals surface area (Å²) in [6.45, 7) is 1.66. The molecule has 2 aromatic rings. The molecule has 0 fully saturated rings. The largest absolute Gasteiger partial charge is 0.507 e. The van der Waals surface area contributed by atoms with E-state index in [4.69, 9.17) is 32.5 Å². The van der Waals surface area contributed by atoms with Gasteiger partial charge in [0.1, 0.15) is 23.7 Å². The summed E-state index contributed by atoms with van der Waals surface area (Å²) < 4.78 is 4.84. The van der Waals surface area contributed by atoms with Crippen LogP contribution in [0.4, 0.5) is 0 Å². The zero-order valence-electron chi connectivity index (χ0n) is 11.0. The molecule has 0 atom stereocenters. The fourth-order valence-corrected chi connectivity index (χ4v) is 2.02. The highest BCUT2D eigenvalue weighted by molar-refractivity contribution is 6.35. The van der Waals surface area contributed by atoms with Crippen molar-refractivity contribution in [1.29, 1.82) is 0 Å². The molecular weight excluding hydrogens is 317 g/mol. The SMILES string of the molecule is Cc1cc(O)c(/C=N\OCc2ccc(Cl)cc2Cl)c(=O)o1. The van der Waals surface area contributed by atoms with Gasteiger partial charge in [-0.3, -0.25) is 0 Å². The first-order chi connectivity index (χ1) is 9.97. The van der Waals surface area contributed by atoms with E-state index >= 15 is 0 Å². The van der Waals surface area contributed by atoms with Crippen LogP contribution in [0.3, 0.4) is 0 Å². The van der Waals surface area contributed by atoms with Crippen molar-refractivity contribution in [2.24, 2.45) is 5.16 Å². The molecular formula is C14H11Cl2NO4. The Balaban J connectivity index is 2.05. The minimum Gasteiger partial charge on any atom is -0.507 e. The van der Waals surface area contributed by atoms with E-state index in [0.29, 0.717) is 21.4 Å². The lowest BCUT2D eigenvalue weighted by atomic mass is 10.2. The van der Waals surface area contributed by atoms with Crippen LogP contribution in [0.15, 0.2) is 38.6 Å². The van der Waals surface area contributed by atoms with Gasteiger partial charge in [-0.05, 0) is 19.1 Å². The maximum Gasteiger partial charge on any atom is 0.348 e. The number of nitrogens with zero attached hydrogens (tertiary/aromatic N) is 1.